The van der Waals surface area contributed by atoms with Crippen LogP contribution in [0.4, 0.5) is 24.7 Å². The van der Waals surface area contributed by atoms with Crippen LogP contribution in [-0.2, 0) is 12.7 Å². The predicted octanol–water partition coefficient (Wildman–Crippen LogP) is 3.48. The number of piperidine rings is 1. The maximum atomic E-state index is 12.8. The molecule has 1 fully saturated rings. The van der Waals surface area contributed by atoms with Gasteiger partial charge in [0.05, 0.1) is 4.92 Å². The van der Waals surface area contributed by atoms with Crippen molar-refractivity contribution >= 4 is 11.5 Å². The van der Waals surface area contributed by atoms with Crippen molar-refractivity contribution in [2.24, 2.45) is 0 Å². The second-order valence-electron chi connectivity index (χ2n) is 6.39. The first-order valence-corrected chi connectivity index (χ1v) is 8.43. The summed E-state index contributed by atoms with van der Waals surface area (Å²) in [6.07, 6.45) is -2.03. The molecule has 3 rings (SSSR count). The molecule has 0 spiro atoms. The predicted molar refractivity (Wildman–Crippen MR) is 92.1 cm³/mol. The van der Waals surface area contributed by atoms with Gasteiger partial charge in [0.25, 0.3) is 5.69 Å². The molecule has 7 nitrogen and oxygen atoms in total. The van der Waals surface area contributed by atoms with E-state index >= 15 is 0 Å². The van der Waals surface area contributed by atoms with E-state index in [0.717, 1.165) is 31.8 Å². The number of hydrogen-bond acceptors (Lipinski definition) is 6. The average Bonchev–Trinajstić information content (AvgIpc) is 2.62. The van der Waals surface area contributed by atoms with E-state index in [1.54, 1.807) is 18.2 Å². The van der Waals surface area contributed by atoms with E-state index in [0.29, 0.717) is 18.7 Å². The zero-order chi connectivity index (χ0) is 19.4. The fourth-order valence-electron chi connectivity index (χ4n) is 3.18. The quantitative estimate of drug-likeness (QED) is 0.631. The zero-order valence-corrected chi connectivity index (χ0v) is 14.3. The summed E-state index contributed by atoms with van der Waals surface area (Å²) >= 11 is 0. The molecule has 1 aliphatic heterocycles. The molecule has 0 bridgehead atoms. The molecule has 0 radical (unpaired) electrons. The Balaban J connectivity index is 1.66. The number of nitro benzene ring substituents is 1. The van der Waals surface area contributed by atoms with E-state index < -0.39 is 16.8 Å². The Morgan fingerprint density at radius 3 is 2.81 bits per heavy atom. The lowest BCUT2D eigenvalue weighted by molar-refractivity contribution is -0.385. The lowest BCUT2D eigenvalue weighted by atomic mass is 10.0. The third kappa shape index (κ3) is 4.91. The number of likely N-dealkylation sites (tertiary alicyclic amines) is 1. The minimum Gasteiger partial charge on any atom is -0.366 e. The number of aromatic nitrogens is 2. The summed E-state index contributed by atoms with van der Waals surface area (Å²) in [5.74, 6) is 0.120. The number of rotatable bonds is 5. The maximum Gasteiger partial charge on any atom is 0.433 e. The van der Waals surface area contributed by atoms with Gasteiger partial charge in [-0.1, -0.05) is 18.2 Å². The Morgan fingerprint density at radius 2 is 2.07 bits per heavy atom. The Kier molecular flexibility index (Phi) is 5.54. The van der Waals surface area contributed by atoms with Crippen molar-refractivity contribution in [1.82, 2.24) is 14.9 Å². The van der Waals surface area contributed by atoms with E-state index in [1.165, 1.54) is 6.07 Å². The van der Waals surface area contributed by atoms with E-state index in [1.807, 2.05) is 0 Å². The molecule has 0 saturated carbocycles. The molecule has 0 aliphatic carbocycles. The number of hydrogen-bond donors (Lipinski definition) is 1. The van der Waals surface area contributed by atoms with E-state index in [9.17, 15) is 23.3 Å². The molecule has 0 amide bonds. The smallest absolute Gasteiger partial charge is 0.366 e. The Labute approximate surface area is 153 Å². The monoisotopic (exact) mass is 381 g/mol. The van der Waals surface area contributed by atoms with Gasteiger partial charge in [-0.3, -0.25) is 15.0 Å². The molecule has 1 unspecified atom stereocenters. The summed E-state index contributed by atoms with van der Waals surface area (Å²) in [6.45, 7) is 1.73. The lowest BCUT2D eigenvalue weighted by Crippen LogP contribution is -2.41. The number of nitrogens with one attached hydrogen (secondary N) is 1. The molecule has 1 saturated heterocycles. The van der Waals surface area contributed by atoms with Gasteiger partial charge in [0, 0.05) is 36.8 Å². The van der Waals surface area contributed by atoms with Crippen LogP contribution in [0.1, 0.15) is 24.1 Å². The highest BCUT2D eigenvalue weighted by Crippen LogP contribution is 2.28. The van der Waals surface area contributed by atoms with Crippen LogP contribution >= 0.6 is 0 Å². The number of benzene rings is 1. The molecule has 27 heavy (non-hydrogen) atoms. The molecule has 144 valence electrons. The van der Waals surface area contributed by atoms with Gasteiger partial charge in [-0.2, -0.15) is 13.2 Å². The number of nitrogens with zero attached hydrogens (tertiary/aromatic N) is 4. The van der Waals surface area contributed by atoms with Gasteiger partial charge in [0.15, 0.2) is 0 Å². The first kappa shape index (κ1) is 19.0. The molecule has 1 aliphatic rings. The highest BCUT2D eigenvalue weighted by atomic mass is 19.4. The number of anilines is 1. The second-order valence-corrected chi connectivity index (χ2v) is 6.39. The van der Waals surface area contributed by atoms with Crippen molar-refractivity contribution in [3.05, 3.63) is 58.0 Å². The fourth-order valence-corrected chi connectivity index (χ4v) is 3.18. The summed E-state index contributed by atoms with van der Waals surface area (Å²) < 4.78 is 38.3. The van der Waals surface area contributed by atoms with Gasteiger partial charge in [0.1, 0.15) is 17.8 Å². The van der Waals surface area contributed by atoms with Crippen LogP contribution in [0.15, 0.2) is 36.7 Å². The van der Waals surface area contributed by atoms with Crippen LogP contribution < -0.4 is 5.32 Å². The van der Waals surface area contributed by atoms with Gasteiger partial charge >= 0.3 is 6.18 Å². The van der Waals surface area contributed by atoms with Crippen LogP contribution in [0.5, 0.6) is 0 Å². The zero-order valence-electron chi connectivity index (χ0n) is 14.3. The van der Waals surface area contributed by atoms with Gasteiger partial charge in [-0.15, -0.1) is 0 Å². The van der Waals surface area contributed by atoms with Crippen molar-refractivity contribution in [3.63, 3.8) is 0 Å². The number of alkyl halides is 3. The fraction of sp³-hybridized carbons (Fsp3) is 0.412. The first-order valence-electron chi connectivity index (χ1n) is 8.43. The second kappa shape index (κ2) is 7.87. The minimum absolute atomic E-state index is 0.0678. The third-order valence-corrected chi connectivity index (χ3v) is 4.40. The number of halogens is 3. The number of para-hydroxylation sites is 1. The molecule has 1 atom stereocenters. The van der Waals surface area contributed by atoms with E-state index in [4.69, 9.17) is 0 Å². The molecule has 1 N–H and O–H groups in total. The van der Waals surface area contributed by atoms with Gasteiger partial charge < -0.3 is 5.32 Å². The SMILES string of the molecule is O=[N+]([O-])c1ccccc1CN1CCCC(Nc2cc(C(F)(F)F)ncn2)C1. The van der Waals surface area contributed by atoms with Crippen molar-refractivity contribution < 1.29 is 18.1 Å². The van der Waals surface area contributed by atoms with Crippen LogP contribution in [0, 0.1) is 10.1 Å². The van der Waals surface area contributed by atoms with Crippen LogP contribution in [-0.4, -0.2) is 38.9 Å². The maximum absolute atomic E-state index is 12.8. The van der Waals surface area contributed by atoms with E-state index in [-0.39, 0.29) is 17.5 Å². The normalized spacial score (nSPS) is 18.3. The van der Waals surface area contributed by atoms with Crippen LogP contribution in [0.3, 0.4) is 0 Å². The highest BCUT2D eigenvalue weighted by molar-refractivity contribution is 5.40. The molecule has 2 aromatic rings. The largest absolute Gasteiger partial charge is 0.433 e. The van der Waals surface area contributed by atoms with Gasteiger partial charge in [-0.05, 0) is 19.4 Å². The molecular weight excluding hydrogens is 363 g/mol. The molecular formula is C17H18F3N5O2. The number of nitro groups is 1. The molecule has 1 aromatic carbocycles. The summed E-state index contributed by atoms with van der Waals surface area (Å²) in [7, 11) is 0. The Bertz CT molecular complexity index is 815. The molecule has 10 heteroatoms. The van der Waals surface area contributed by atoms with Crippen molar-refractivity contribution in [3.8, 4) is 0 Å². The Hall–Kier alpha value is -2.75. The standard InChI is InChI=1S/C17H18F3N5O2/c18-17(19,20)15-8-16(22-11-21-15)23-13-5-3-7-24(10-13)9-12-4-1-2-6-14(12)25(26)27/h1-2,4,6,8,11,13H,3,5,7,9-10H2,(H,21,22,23). The first-order chi connectivity index (χ1) is 12.8. The molecule has 1 aromatic heterocycles. The van der Waals surface area contributed by atoms with E-state index in [2.05, 4.69) is 20.2 Å². The van der Waals surface area contributed by atoms with Crippen molar-refractivity contribution in [1.29, 1.82) is 0 Å². The Morgan fingerprint density at radius 1 is 1.30 bits per heavy atom. The minimum atomic E-state index is -4.52. The van der Waals surface area contributed by atoms with Crippen LogP contribution in [0.2, 0.25) is 0 Å². The van der Waals surface area contributed by atoms with Crippen molar-refractivity contribution in [2.45, 2.75) is 31.6 Å². The van der Waals surface area contributed by atoms with Gasteiger partial charge in [0.2, 0.25) is 0 Å². The third-order valence-electron chi connectivity index (χ3n) is 4.40. The summed E-state index contributed by atoms with van der Waals surface area (Å²) in [6, 6.07) is 7.35. The summed E-state index contributed by atoms with van der Waals surface area (Å²) in [5, 5.41) is 14.2. The average molecular weight is 381 g/mol. The highest BCUT2D eigenvalue weighted by Gasteiger charge is 2.33. The van der Waals surface area contributed by atoms with Crippen LogP contribution in [0.25, 0.3) is 0 Å². The summed E-state index contributed by atoms with van der Waals surface area (Å²) in [5.41, 5.74) is -0.310. The molecule has 2 heterocycles. The summed E-state index contributed by atoms with van der Waals surface area (Å²) in [4.78, 5) is 19.9. The topological polar surface area (TPSA) is 84.2 Å². The van der Waals surface area contributed by atoms with Crippen molar-refractivity contribution in [2.75, 3.05) is 18.4 Å². The van der Waals surface area contributed by atoms with Gasteiger partial charge in [-0.25, -0.2) is 9.97 Å². The lowest BCUT2D eigenvalue weighted by Gasteiger charge is -2.33.